The lowest BCUT2D eigenvalue weighted by atomic mass is 10.1. The van der Waals surface area contributed by atoms with Crippen LogP contribution in [-0.4, -0.2) is 13.4 Å². The van der Waals surface area contributed by atoms with Gasteiger partial charge in [-0.25, -0.2) is 4.98 Å². The summed E-state index contributed by atoms with van der Waals surface area (Å²) in [5.41, 5.74) is 4.17. The van der Waals surface area contributed by atoms with E-state index in [1.54, 1.807) is 30.4 Å². The maximum atomic E-state index is 12.6. The van der Waals surface area contributed by atoms with Gasteiger partial charge >= 0.3 is 0 Å². The molecule has 3 aromatic rings. The molecule has 0 aliphatic rings. The Balaban J connectivity index is 1.97. The predicted molar refractivity (Wildman–Crippen MR) is 99.0 cm³/mol. The lowest BCUT2D eigenvalue weighted by Gasteiger charge is -2.12. The number of pyridine rings is 1. The number of hydrogen-bond acceptors (Lipinski definition) is 4. The Bertz CT molecular complexity index is 992. The van der Waals surface area contributed by atoms with Gasteiger partial charge in [0.05, 0.1) is 5.69 Å². The summed E-state index contributed by atoms with van der Waals surface area (Å²) in [6.45, 7) is 5.70. The average molecular weight is 358 g/mol. The highest BCUT2D eigenvalue weighted by Crippen LogP contribution is 2.29. The molecular weight excluding hydrogens is 340 g/mol. The maximum Gasteiger partial charge on any atom is 0.279 e. The van der Waals surface area contributed by atoms with Gasteiger partial charge < -0.3 is 0 Å². The quantitative estimate of drug-likeness (QED) is 0.745. The second kappa shape index (κ2) is 6.37. The average Bonchev–Trinajstić information content (AvgIpc) is 2.96. The summed E-state index contributed by atoms with van der Waals surface area (Å²) in [7, 11) is -3.71. The van der Waals surface area contributed by atoms with Gasteiger partial charge in [0.1, 0.15) is 0 Å². The molecule has 0 radical (unpaired) electrons. The smallest absolute Gasteiger partial charge is 0.278 e. The molecule has 0 saturated heterocycles. The second-order valence-electron chi connectivity index (χ2n) is 5.70. The lowest BCUT2D eigenvalue weighted by Crippen LogP contribution is -2.15. The van der Waals surface area contributed by atoms with Crippen molar-refractivity contribution in [2.45, 2.75) is 25.8 Å². The third kappa shape index (κ3) is 3.49. The summed E-state index contributed by atoms with van der Waals surface area (Å²) in [5.74, 6) is 0. The molecule has 0 amide bonds. The van der Waals surface area contributed by atoms with Crippen molar-refractivity contribution < 1.29 is 8.42 Å². The van der Waals surface area contributed by atoms with Crippen molar-refractivity contribution in [3.05, 3.63) is 64.0 Å². The van der Waals surface area contributed by atoms with Crippen LogP contribution >= 0.6 is 11.3 Å². The van der Waals surface area contributed by atoms with E-state index in [4.69, 9.17) is 0 Å². The molecule has 124 valence electrons. The van der Waals surface area contributed by atoms with E-state index >= 15 is 0 Å². The molecule has 2 aromatic heterocycles. The number of aryl methyl sites for hydroxylation is 3. The fourth-order valence-corrected chi connectivity index (χ4v) is 4.22. The standard InChI is InChI=1S/C18H18N2O2S2/c1-12-7-8-15(16-9-14(3)23-11-16)10-17(12)20-24(21,22)18-6-4-5-13(2)19-18/h4-11,20H,1-3H3. The Labute approximate surface area is 146 Å². The zero-order valence-electron chi connectivity index (χ0n) is 13.7. The predicted octanol–water partition coefficient (Wildman–Crippen LogP) is 4.54. The number of rotatable bonds is 4. The number of anilines is 1. The molecule has 4 nitrogen and oxygen atoms in total. The largest absolute Gasteiger partial charge is 0.279 e. The minimum Gasteiger partial charge on any atom is -0.278 e. The third-order valence-electron chi connectivity index (χ3n) is 3.68. The van der Waals surface area contributed by atoms with Crippen LogP contribution in [0.5, 0.6) is 0 Å². The molecule has 3 rings (SSSR count). The minimum atomic E-state index is -3.71. The summed E-state index contributed by atoms with van der Waals surface area (Å²) < 4.78 is 27.8. The topological polar surface area (TPSA) is 59.1 Å². The van der Waals surface area contributed by atoms with Crippen molar-refractivity contribution >= 4 is 27.0 Å². The first-order valence-electron chi connectivity index (χ1n) is 7.48. The summed E-state index contributed by atoms with van der Waals surface area (Å²) in [4.78, 5) is 5.32. The first-order valence-corrected chi connectivity index (χ1v) is 9.84. The van der Waals surface area contributed by atoms with Crippen LogP contribution in [0.25, 0.3) is 11.1 Å². The van der Waals surface area contributed by atoms with Crippen LogP contribution in [0.2, 0.25) is 0 Å². The van der Waals surface area contributed by atoms with Gasteiger partial charge in [0.25, 0.3) is 10.0 Å². The molecule has 2 heterocycles. The maximum absolute atomic E-state index is 12.6. The molecule has 0 spiro atoms. The fraction of sp³-hybridized carbons (Fsp3) is 0.167. The van der Waals surface area contributed by atoms with Crippen LogP contribution in [0.15, 0.2) is 52.9 Å². The van der Waals surface area contributed by atoms with Gasteiger partial charge in [0, 0.05) is 10.6 Å². The Morgan fingerprint density at radius 1 is 1.00 bits per heavy atom. The summed E-state index contributed by atoms with van der Waals surface area (Å²) in [6, 6.07) is 12.8. The van der Waals surface area contributed by atoms with E-state index in [9.17, 15) is 8.42 Å². The SMILES string of the molecule is Cc1cccc(S(=O)(=O)Nc2cc(-c3csc(C)c3)ccc2C)n1. The van der Waals surface area contributed by atoms with E-state index in [-0.39, 0.29) is 5.03 Å². The van der Waals surface area contributed by atoms with Gasteiger partial charge in [0.2, 0.25) is 0 Å². The Morgan fingerprint density at radius 3 is 2.46 bits per heavy atom. The molecule has 0 unspecified atom stereocenters. The van der Waals surface area contributed by atoms with Crippen LogP contribution < -0.4 is 4.72 Å². The Hall–Kier alpha value is -2.18. The van der Waals surface area contributed by atoms with Crippen molar-refractivity contribution in [2.24, 2.45) is 0 Å². The lowest BCUT2D eigenvalue weighted by molar-refractivity contribution is 0.597. The molecule has 24 heavy (non-hydrogen) atoms. The first-order chi connectivity index (χ1) is 11.3. The molecule has 6 heteroatoms. The number of thiophene rings is 1. The summed E-state index contributed by atoms with van der Waals surface area (Å²) in [6.07, 6.45) is 0. The van der Waals surface area contributed by atoms with E-state index < -0.39 is 10.0 Å². The molecule has 1 N–H and O–H groups in total. The number of nitrogens with one attached hydrogen (secondary N) is 1. The van der Waals surface area contributed by atoms with E-state index in [2.05, 4.69) is 28.1 Å². The van der Waals surface area contributed by atoms with Gasteiger partial charge in [-0.1, -0.05) is 18.2 Å². The normalized spacial score (nSPS) is 11.5. The van der Waals surface area contributed by atoms with Crippen LogP contribution in [-0.2, 0) is 10.0 Å². The van der Waals surface area contributed by atoms with E-state index in [0.29, 0.717) is 11.4 Å². The Morgan fingerprint density at radius 2 is 1.79 bits per heavy atom. The van der Waals surface area contributed by atoms with Crippen LogP contribution in [0.3, 0.4) is 0 Å². The van der Waals surface area contributed by atoms with E-state index in [1.165, 1.54) is 10.9 Å². The summed E-state index contributed by atoms with van der Waals surface area (Å²) >= 11 is 1.67. The van der Waals surface area contributed by atoms with E-state index in [0.717, 1.165) is 16.7 Å². The van der Waals surface area contributed by atoms with Crippen molar-refractivity contribution in [1.29, 1.82) is 0 Å². The molecule has 0 saturated carbocycles. The molecule has 1 aromatic carbocycles. The van der Waals surface area contributed by atoms with Gasteiger partial charge in [0.15, 0.2) is 5.03 Å². The molecule has 0 aliphatic carbocycles. The van der Waals surface area contributed by atoms with E-state index in [1.807, 2.05) is 25.1 Å². The molecule has 0 bridgehead atoms. The number of benzene rings is 1. The summed E-state index contributed by atoms with van der Waals surface area (Å²) in [5, 5.41) is 2.10. The molecule has 0 fully saturated rings. The zero-order valence-corrected chi connectivity index (χ0v) is 15.3. The number of sulfonamides is 1. The van der Waals surface area contributed by atoms with Crippen molar-refractivity contribution in [3.8, 4) is 11.1 Å². The fourth-order valence-electron chi connectivity index (χ4n) is 2.37. The molecule has 0 aliphatic heterocycles. The van der Waals surface area contributed by atoms with Gasteiger partial charge in [-0.3, -0.25) is 4.72 Å². The number of nitrogens with zero attached hydrogens (tertiary/aromatic N) is 1. The third-order valence-corrected chi connectivity index (χ3v) is 5.81. The van der Waals surface area contributed by atoms with Crippen LogP contribution in [0.4, 0.5) is 5.69 Å². The second-order valence-corrected chi connectivity index (χ2v) is 8.44. The Kier molecular flexibility index (Phi) is 4.43. The molecular formula is C18H18N2O2S2. The monoisotopic (exact) mass is 358 g/mol. The highest BCUT2D eigenvalue weighted by atomic mass is 32.2. The highest BCUT2D eigenvalue weighted by molar-refractivity contribution is 7.92. The van der Waals surface area contributed by atoms with Crippen molar-refractivity contribution in [3.63, 3.8) is 0 Å². The van der Waals surface area contributed by atoms with Crippen molar-refractivity contribution in [1.82, 2.24) is 4.98 Å². The first kappa shape index (κ1) is 16.7. The minimum absolute atomic E-state index is 0.0266. The van der Waals surface area contributed by atoms with Crippen LogP contribution in [0, 0.1) is 20.8 Å². The van der Waals surface area contributed by atoms with Crippen LogP contribution in [0.1, 0.15) is 16.1 Å². The van der Waals surface area contributed by atoms with Gasteiger partial charge in [-0.15, -0.1) is 11.3 Å². The zero-order chi connectivity index (χ0) is 17.3. The van der Waals surface area contributed by atoms with Crippen molar-refractivity contribution in [2.75, 3.05) is 4.72 Å². The number of aromatic nitrogens is 1. The highest BCUT2D eigenvalue weighted by Gasteiger charge is 2.17. The van der Waals surface area contributed by atoms with Gasteiger partial charge in [-0.05, 0) is 67.1 Å². The number of hydrogen-bond donors (Lipinski definition) is 1. The van der Waals surface area contributed by atoms with Gasteiger partial charge in [-0.2, -0.15) is 8.42 Å². The molecule has 0 atom stereocenters.